The molecule has 6 heteroatoms. The Labute approximate surface area is 106 Å². The highest BCUT2D eigenvalue weighted by molar-refractivity contribution is 5.92. The molecule has 1 saturated heterocycles. The van der Waals surface area contributed by atoms with Crippen LogP contribution in [-0.4, -0.2) is 40.0 Å². The monoisotopic (exact) mass is 247 g/mol. The minimum absolute atomic E-state index is 0.185. The van der Waals surface area contributed by atoms with Gasteiger partial charge in [-0.15, -0.1) is 11.5 Å². The van der Waals surface area contributed by atoms with Gasteiger partial charge in [-0.05, 0) is 5.92 Å². The zero-order valence-electron chi connectivity index (χ0n) is 10.6. The Morgan fingerprint density at radius 1 is 1.67 bits per heavy atom. The molecule has 96 valence electrons. The summed E-state index contributed by atoms with van der Waals surface area (Å²) in [5.41, 5.74) is 0.308. The summed E-state index contributed by atoms with van der Waals surface area (Å²) in [6, 6.07) is 0.0144. The van der Waals surface area contributed by atoms with Crippen LogP contribution in [0, 0.1) is 18.3 Å². The van der Waals surface area contributed by atoms with E-state index in [0.717, 1.165) is 13.1 Å². The Balaban J connectivity index is 2.00. The summed E-state index contributed by atoms with van der Waals surface area (Å²) in [6.07, 6.45) is 7.03. The van der Waals surface area contributed by atoms with Gasteiger partial charge in [-0.2, -0.15) is 0 Å². The van der Waals surface area contributed by atoms with E-state index < -0.39 is 0 Å². The molecule has 0 aliphatic carbocycles. The van der Waals surface area contributed by atoms with Crippen molar-refractivity contribution in [1.82, 2.24) is 25.6 Å². The van der Waals surface area contributed by atoms with Crippen LogP contribution in [0.1, 0.15) is 30.4 Å². The summed E-state index contributed by atoms with van der Waals surface area (Å²) in [5.74, 6) is 2.47. The second-order valence-corrected chi connectivity index (χ2v) is 4.76. The maximum absolute atomic E-state index is 11.9. The van der Waals surface area contributed by atoms with Crippen LogP contribution in [0.3, 0.4) is 0 Å². The smallest absolute Gasteiger partial charge is 0.274 e. The molecule has 0 radical (unpaired) electrons. The molecule has 2 N–H and O–H groups in total. The SMILES string of the molecule is C#CC(NC(=O)c1cn(C2CNC2)nn1)C(C)C. The lowest BCUT2D eigenvalue weighted by atomic mass is 10.1. The van der Waals surface area contributed by atoms with Gasteiger partial charge in [0.05, 0.1) is 18.3 Å². The number of aromatic nitrogens is 3. The van der Waals surface area contributed by atoms with E-state index in [2.05, 4.69) is 26.9 Å². The van der Waals surface area contributed by atoms with Gasteiger partial charge in [-0.25, -0.2) is 4.68 Å². The number of carbonyl (C=O) groups excluding carboxylic acids is 1. The van der Waals surface area contributed by atoms with Gasteiger partial charge in [-0.3, -0.25) is 4.79 Å². The zero-order chi connectivity index (χ0) is 13.1. The molecule has 1 aromatic rings. The fourth-order valence-electron chi connectivity index (χ4n) is 1.64. The quantitative estimate of drug-likeness (QED) is 0.723. The van der Waals surface area contributed by atoms with Crippen molar-refractivity contribution in [3.8, 4) is 12.3 Å². The van der Waals surface area contributed by atoms with Gasteiger partial charge in [0.1, 0.15) is 0 Å². The number of hydrogen-bond donors (Lipinski definition) is 2. The number of nitrogens with zero attached hydrogens (tertiary/aromatic N) is 3. The van der Waals surface area contributed by atoms with Gasteiger partial charge in [-0.1, -0.05) is 25.0 Å². The Hall–Kier alpha value is -1.87. The summed E-state index contributed by atoms with van der Waals surface area (Å²) in [5, 5.41) is 13.7. The second kappa shape index (κ2) is 5.19. The van der Waals surface area contributed by atoms with E-state index in [1.807, 2.05) is 13.8 Å². The lowest BCUT2D eigenvalue weighted by Crippen LogP contribution is -2.43. The van der Waals surface area contributed by atoms with Crippen LogP contribution >= 0.6 is 0 Å². The van der Waals surface area contributed by atoms with E-state index in [0.29, 0.717) is 11.7 Å². The molecule has 0 aromatic carbocycles. The van der Waals surface area contributed by atoms with E-state index in [9.17, 15) is 4.79 Å². The number of carbonyl (C=O) groups is 1. The van der Waals surface area contributed by atoms with Gasteiger partial charge >= 0.3 is 0 Å². The van der Waals surface area contributed by atoms with Crippen LogP contribution in [0.5, 0.6) is 0 Å². The summed E-state index contributed by atoms with van der Waals surface area (Å²) < 4.78 is 1.71. The molecule has 1 fully saturated rings. The Kier molecular flexibility index (Phi) is 3.63. The molecule has 2 rings (SSSR count). The highest BCUT2D eigenvalue weighted by Gasteiger charge is 2.22. The first kappa shape index (κ1) is 12.6. The van der Waals surface area contributed by atoms with Crippen molar-refractivity contribution in [1.29, 1.82) is 0 Å². The van der Waals surface area contributed by atoms with Crippen molar-refractivity contribution in [2.24, 2.45) is 5.92 Å². The summed E-state index contributed by atoms with van der Waals surface area (Å²) in [6.45, 7) is 5.65. The Bertz CT molecular complexity index is 469. The minimum atomic E-state index is -0.284. The molecule has 2 heterocycles. The first-order chi connectivity index (χ1) is 8.61. The van der Waals surface area contributed by atoms with Crippen molar-refractivity contribution in [2.45, 2.75) is 25.9 Å². The maximum Gasteiger partial charge on any atom is 0.274 e. The lowest BCUT2D eigenvalue weighted by Gasteiger charge is -2.26. The average molecular weight is 247 g/mol. The second-order valence-electron chi connectivity index (χ2n) is 4.76. The minimum Gasteiger partial charge on any atom is -0.337 e. The molecule has 1 aliphatic rings. The molecular formula is C12H17N5O. The van der Waals surface area contributed by atoms with Crippen LogP contribution in [-0.2, 0) is 0 Å². The predicted octanol–water partition coefficient (Wildman–Crippen LogP) is -0.190. The van der Waals surface area contributed by atoms with Crippen LogP contribution in [0.4, 0.5) is 0 Å². The number of nitrogens with one attached hydrogen (secondary N) is 2. The van der Waals surface area contributed by atoms with Crippen molar-refractivity contribution in [3.05, 3.63) is 11.9 Å². The normalized spacial score (nSPS) is 17.0. The highest BCUT2D eigenvalue weighted by Crippen LogP contribution is 2.10. The molecule has 1 amide bonds. The van der Waals surface area contributed by atoms with Crippen LogP contribution in [0.2, 0.25) is 0 Å². The number of terminal acetylenes is 1. The molecule has 1 atom stereocenters. The van der Waals surface area contributed by atoms with Gasteiger partial charge in [0.15, 0.2) is 5.69 Å². The Morgan fingerprint density at radius 2 is 2.39 bits per heavy atom. The van der Waals surface area contributed by atoms with Crippen LogP contribution in [0.25, 0.3) is 0 Å². The van der Waals surface area contributed by atoms with E-state index in [-0.39, 0.29) is 17.9 Å². The van der Waals surface area contributed by atoms with E-state index >= 15 is 0 Å². The molecule has 18 heavy (non-hydrogen) atoms. The van der Waals surface area contributed by atoms with Crippen molar-refractivity contribution < 1.29 is 4.79 Å². The molecule has 1 aromatic heterocycles. The predicted molar refractivity (Wildman–Crippen MR) is 66.9 cm³/mol. The average Bonchev–Trinajstić information content (AvgIpc) is 2.71. The maximum atomic E-state index is 11.9. The third-order valence-corrected chi connectivity index (χ3v) is 3.01. The summed E-state index contributed by atoms with van der Waals surface area (Å²) in [4.78, 5) is 11.9. The highest BCUT2D eigenvalue weighted by atomic mass is 16.2. The molecule has 0 saturated carbocycles. The van der Waals surface area contributed by atoms with Crippen molar-refractivity contribution >= 4 is 5.91 Å². The standard InChI is InChI=1S/C12H17N5O/c1-4-10(8(2)3)14-12(18)11-7-17(16-15-11)9-5-13-6-9/h1,7-10,13H,5-6H2,2-3H3,(H,14,18). The molecular weight excluding hydrogens is 230 g/mol. The number of rotatable bonds is 4. The Morgan fingerprint density at radius 3 is 2.89 bits per heavy atom. The van der Waals surface area contributed by atoms with Crippen LogP contribution in [0.15, 0.2) is 6.20 Å². The number of hydrogen-bond acceptors (Lipinski definition) is 4. The summed E-state index contributed by atoms with van der Waals surface area (Å²) >= 11 is 0. The van der Waals surface area contributed by atoms with Crippen molar-refractivity contribution in [3.63, 3.8) is 0 Å². The molecule has 1 aliphatic heterocycles. The molecule has 6 nitrogen and oxygen atoms in total. The van der Waals surface area contributed by atoms with Gasteiger partial charge < -0.3 is 10.6 Å². The fraction of sp³-hybridized carbons (Fsp3) is 0.583. The van der Waals surface area contributed by atoms with Crippen LogP contribution < -0.4 is 10.6 Å². The fourth-order valence-corrected chi connectivity index (χ4v) is 1.64. The molecule has 0 spiro atoms. The van der Waals surface area contributed by atoms with Gasteiger partial charge in [0.25, 0.3) is 5.91 Å². The van der Waals surface area contributed by atoms with E-state index in [4.69, 9.17) is 6.42 Å². The summed E-state index contributed by atoms with van der Waals surface area (Å²) in [7, 11) is 0. The third kappa shape index (κ3) is 2.51. The largest absolute Gasteiger partial charge is 0.337 e. The van der Waals surface area contributed by atoms with E-state index in [1.54, 1.807) is 10.9 Å². The van der Waals surface area contributed by atoms with E-state index in [1.165, 1.54) is 0 Å². The van der Waals surface area contributed by atoms with Crippen molar-refractivity contribution in [2.75, 3.05) is 13.1 Å². The third-order valence-electron chi connectivity index (χ3n) is 3.01. The zero-order valence-corrected chi connectivity index (χ0v) is 10.6. The first-order valence-corrected chi connectivity index (χ1v) is 6.01. The number of amides is 1. The van der Waals surface area contributed by atoms with Gasteiger partial charge in [0.2, 0.25) is 0 Å². The van der Waals surface area contributed by atoms with Gasteiger partial charge in [0, 0.05) is 13.1 Å². The molecule has 0 bridgehead atoms. The lowest BCUT2D eigenvalue weighted by molar-refractivity contribution is 0.0933. The topological polar surface area (TPSA) is 71.8 Å². The molecule has 1 unspecified atom stereocenters. The first-order valence-electron chi connectivity index (χ1n) is 6.01.